The lowest BCUT2D eigenvalue weighted by Crippen LogP contribution is -2.26. The van der Waals surface area contributed by atoms with Crippen LogP contribution < -0.4 is 11.3 Å². The summed E-state index contributed by atoms with van der Waals surface area (Å²) in [5, 5.41) is 1.93. The smallest absolute Gasteiger partial charge is 0.243 e. The Bertz CT molecular complexity index is 683. The maximum Gasteiger partial charge on any atom is 0.243 e. The van der Waals surface area contributed by atoms with Gasteiger partial charge in [-0.3, -0.25) is 5.84 Å². The predicted molar refractivity (Wildman–Crippen MR) is 84.9 cm³/mol. The highest BCUT2D eigenvalue weighted by Crippen LogP contribution is 2.24. The van der Waals surface area contributed by atoms with Crippen LogP contribution in [0, 0.1) is 0 Å². The van der Waals surface area contributed by atoms with Crippen LogP contribution in [0.15, 0.2) is 44.4 Å². The van der Waals surface area contributed by atoms with Crippen molar-refractivity contribution < 1.29 is 8.42 Å². The summed E-state index contributed by atoms with van der Waals surface area (Å²) in [7, 11) is -1.93. The maximum atomic E-state index is 12.4. The SMILES string of the molecule is CN(Cc1csc(Br)c1)S(=O)(=O)c1ccc(NN)cc1. The molecule has 2 aromatic rings. The number of nitrogens with zero attached hydrogens (tertiary/aromatic N) is 1. The van der Waals surface area contributed by atoms with Crippen molar-refractivity contribution in [3.63, 3.8) is 0 Å². The summed E-state index contributed by atoms with van der Waals surface area (Å²) < 4.78 is 27.1. The Labute approximate surface area is 130 Å². The molecule has 0 spiro atoms. The summed E-state index contributed by atoms with van der Waals surface area (Å²) in [5.41, 5.74) is 4.08. The van der Waals surface area contributed by atoms with Crippen LogP contribution in [0.2, 0.25) is 0 Å². The first kappa shape index (κ1) is 15.5. The van der Waals surface area contributed by atoms with Crippen molar-refractivity contribution in [2.24, 2.45) is 5.84 Å². The minimum absolute atomic E-state index is 0.244. The van der Waals surface area contributed by atoms with Crippen molar-refractivity contribution in [3.05, 3.63) is 45.1 Å². The van der Waals surface area contributed by atoms with Gasteiger partial charge in [0, 0.05) is 19.3 Å². The molecule has 1 aromatic carbocycles. The lowest BCUT2D eigenvalue weighted by atomic mass is 10.3. The van der Waals surface area contributed by atoms with Crippen molar-refractivity contribution in [1.82, 2.24) is 4.31 Å². The fourth-order valence-electron chi connectivity index (χ4n) is 1.67. The number of hydrogen-bond acceptors (Lipinski definition) is 5. The van der Waals surface area contributed by atoms with Gasteiger partial charge in [0.15, 0.2) is 0 Å². The third kappa shape index (κ3) is 3.39. The molecule has 0 atom stereocenters. The number of hydrogen-bond donors (Lipinski definition) is 2. The van der Waals surface area contributed by atoms with E-state index in [0.717, 1.165) is 9.35 Å². The number of anilines is 1. The van der Waals surface area contributed by atoms with E-state index in [-0.39, 0.29) is 4.90 Å². The lowest BCUT2D eigenvalue weighted by molar-refractivity contribution is 0.467. The predicted octanol–water partition coefficient (Wildman–Crippen LogP) is 2.62. The van der Waals surface area contributed by atoms with Crippen LogP contribution in [-0.2, 0) is 16.6 Å². The third-order valence-electron chi connectivity index (χ3n) is 2.76. The average molecular weight is 376 g/mol. The maximum absolute atomic E-state index is 12.4. The van der Waals surface area contributed by atoms with E-state index >= 15 is 0 Å². The van der Waals surface area contributed by atoms with Gasteiger partial charge < -0.3 is 5.43 Å². The van der Waals surface area contributed by atoms with E-state index in [1.807, 2.05) is 11.4 Å². The van der Waals surface area contributed by atoms with Crippen LogP contribution in [-0.4, -0.2) is 19.8 Å². The quantitative estimate of drug-likeness (QED) is 0.621. The molecule has 0 aliphatic carbocycles. The lowest BCUT2D eigenvalue weighted by Gasteiger charge is -2.16. The fourth-order valence-corrected chi connectivity index (χ4v) is 4.03. The molecule has 0 saturated carbocycles. The third-order valence-corrected chi connectivity index (χ3v) is 6.13. The second-order valence-electron chi connectivity index (χ2n) is 4.19. The van der Waals surface area contributed by atoms with Gasteiger partial charge in [0.2, 0.25) is 10.0 Å². The number of rotatable bonds is 5. The molecule has 0 radical (unpaired) electrons. The summed E-state index contributed by atoms with van der Waals surface area (Å²) in [6, 6.07) is 8.23. The van der Waals surface area contributed by atoms with Gasteiger partial charge in [-0.2, -0.15) is 4.31 Å². The zero-order valence-electron chi connectivity index (χ0n) is 10.7. The standard InChI is InChI=1S/C12H14BrN3O2S2/c1-16(7-9-6-12(13)19-8-9)20(17,18)11-4-2-10(15-14)3-5-11/h2-6,8,15H,7,14H2,1H3. The molecule has 5 nitrogen and oxygen atoms in total. The van der Waals surface area contributed by atoms with Gasteiger partial charge in [-0.05, 0) is 57.2 Å². The number of hydrazine groups is 1. The number of thiophene rings is 1. The van der Waals surface area contributed by atoms with Gasteiger partial charge in [-0.1, -0.05) is 0 Å². The highest BCUT2D eigenvalue weighted by Gasteiger charge is 2.21. The molecule has 0 fully saturated rings. The number of halogens is 1. The summed E-state index contributed by atoms with van der Waals surface area (Å²) >= 11 is 4.90. The summed E-state index contributed by atoms with van der Waals surface area (Å²) in [5.74, 6) is 5.26. The molecule has 20 heavy (non-hydrogen) atoms. The van der Waals surface area contributed by atoms with Gasteiger partial charge in [-0.25, -0.2) is 8.42 Å². The normalized spacial score (nSPS) is 11.8. The molecule has 3 N–H and O–H groups in total. The molecule has 0 aliphatic rings. The molecule has 0 bridgehead atoms. The van der Waals surface area contributed by atoms with Crippen LogP contribution in [0.25, 0.3) is 0 Å². The minimum atomic E-state index is -3.50. The van der Waals surface area contributed by atoms with Crippen molar-refractivity contribution in [3.8, 4) is 0 Å². The molecule has 1 heterocycles. The van der Waals surface area contributed by atoms with Crippen LogP contribution in [0.3, 0.4) is 0 Å². The molecule has 0 unspecified atom stereocenters. The van der Waals surface area contributed by atoms with Crippen LogP contribution in [0.4, 0.5) is 5.69 Å². The van der Waals surface area contributed by atoms with Crippen LogP contribution in [0.1, 0.15) is 5.56 Å². The minimum Gasteiger partial charge on any atom is -0.324 e. The Hall–Kier alpha value is -0.930. The van der Waals surface area contributed by atoms with E-state index in [0.29, 0.717) is 12.2 Å². The topological polar surface area (TPSA) is 75.4 Å². The Balaban J connectivity index is 2.19. The highest BCUT2D eigenvalue weighted by atomic mass is 79.9. The van der Waals surface area contributed by atoms with Gasteiger partial charge in [0.05, 0.1) is 8.68 Å². The second kappa shape index (κ2) is 6.23. The Morgan fingerprint density at radius 2 is 2.00 bits per heavy atom. The Kier molecular flexibility index (Phi) is 4.82. The van der Waals surface area contributed by atoms with E-state index < -0.39 is 10.0 Å². The average Bonchev–Trinajstić information content (AvgIpc) is 2.84. The highest BCUT2D eigenvalue weighted by molar-refractivity contribution is 9.11. The fraction of sp³-hybridized carbons (Fsp3) is 0.167. The zero-order chi connectivity index (χ0) is 14.8. The summed E-state index contributed by atoms with van der Waals surface area (Å²) in [6.45, 7) is 0.335. The number of sulfonamides is 1. The number of nitrogens with two attached hydrogens (primary N) is 1. The molecule has 0 aliphatic heterocycles. The molecule has 2 rings (SSSR count). The first-order valence-corrected chi connectivity index (χ1v) is 8.80. The molecule has 8 heteroatoms. The van der Waals surface area contributed by atoms with Gasteiger partial charge in [0.1, 0.15) is 0 Å². The summed E-state index contributed by atoms with van der Waals surface area (Å²) in [6.07, 6.45) is 0. The van der Waals surface area contributed by atoms with Gasteiger partial charge in [-0.15, -0.1) is 11.3 Å². The Morgan fingerprint density at radius 3 is 2.50 bits per heavy atom. The zero-order valence-corrected chi connectivity index (χ0v) is 13.9. The number of nitrogen functional groups attached to an aromatic ring is 1. The van der Waals surface area contributed by atoms with E-state index in [4.69, 9.17) is 5.84 Å². The second-order valence-corrected chi connectivity index (χ2v) is 8.52. The van der Waals surface area contributed by atoms with Gasteiger partial charge in [0.25, 0.3) is 0 Å². The molecular weight excluding hydrogens is 362 g/mol. The first-order valence-electron chi connectivity index (χ1n) is 5.69. The largest absolute Gasteiger partial charge is 0.324 e. The van der Waals surface area contributed by atoms with Crippen LogP contribution >= 0.6 is 27.3 Å². The van der Waals surface area contributed by atoms with Crippen molar-refractivity contribution in [1.29, 1.82) is 0 Å². The van der Waals surface area contributed by atoms with Gasteiger partial charge >= 0.3 is 0 Å². The molecular formula is C12H14BrN3O2S2. The van der Waals surface area contributed by atoms with E-state index in [1.165, 1.54) is 27.8 Å². The summed E-state index contributed by atoms with van der Waals surface area (Å²) in [4.78, 5) is 0.244. The monoisotopic (exact) mass is 375 g/mol. The van der Waals surface area contributed by atoms with E-state index in [2.05, 4.69) is 21.4 Å². The van der Waals surface area contributed by atoms with Crippen molar-refractivity contribution in [2.75, 3.05) is 12.5 Å². The Morgan fingerprint density at radius 1 is 1.35 bits per heavy atom. The van der Waals surface area contributed by atoms with Crippen LogP contribution in [0.5, 0.6) is 0 Å². The van der Waals surface area contributed by atoms with Crippen molar-refractivity contribution in [2.45, 2.75) is 11.4 Å². The number of nitrogens with one attached hydrogen (secondary N) is 1. The van der Waals surface area contributed by atoms with E-state index in [9.17, 15) is 8.42 Å². The van der Waals surface area contributed by atoms with E-state index in [1.54, 1.807) is 19.2 Å². The van der Waals surface area contributed by atoms with Crippen molar-refractivity contribution >= 4 is 43.0 Å². The molecule has 0 amide bonds. The number of benzene rings is 1. The molecule has 108 valence electrons. The molecule has 0 saturated heterocycles. The first-order chi connectivity index (χ1) is 9.43. The molecule has 1 aromatic heterocycles.